The predicted molar refractivity (Wildman–Crippen MR) is 90.7 cm³/mol. The van der Waals surface area contributed by atoms with Gasteiger partial charge in [-0.15, -0.1) is 13.2 Å². The highest BCUT2D eigenvalue weighted by Gasteiger charge is 2.06. The summed E-state index contributed by atoms with van der Waals surface area (Å²) in [6.07, 6.45) is 4.78. The van der Waals surface area contributed by atoms with Gasteiger partial charge in [0.15, 0.2) is 0 Å². The van der Waals surface area contributed by atoms with E-state index in [1.807, 2.05) is 24.3 Å². The minimum absolute atomic E-state index is 0.226. The number of ether oxygens (including phenoxy) is 1. The van der Waals surface area contributed by atoms with Crippen LogP contribution in [0.1, 0.15) is 11.1 Å². The summed E-state index contributed by atoms with van der Waals surface area (Å²) in [6, 6.07) is 8.29. The Morgan fingerprint density at radius 1 is 1.23 bits per heavy atom. The number of esters is 1. The zero-order chi connectivity index (χ0) is 16.2. The molecule has 0 spiro atoms. The molecule has 4 nitrogen and oxygen atoms in total. The van der Waals surface area contributed by atoms with Crippen LogP contribution in [0.3, 0.4) is 0 Å². The van der Waals surface area contributed by atoms with Gasteiger partial charge >= 0.3 is 5.97 Å². The molecule has 1 aromatic rings. The Morgan fingerprint density at radius 3 is 2.45 bits per heavy atom. The summed E-state index contributed by atoms with van der Waals surface area (Å²) < 4.78 is 4.62. The first-order valence-corrected chi connectivity index (χ1v) is 7.49. The largest absolute Gasteiger partial charge is 0.468 e. The van der Waals surface area contributed by atoms with Crippen LogP contribution in [0.5, 0.6) is 0 Å². The van der Waals surface area contributed by atoms with E-state index in [-0.39, 0.29) is 12.5 Å². The van der Waals surface area contributed by atoms with Crippen molar-refractivity contribution in [3.63, 3.8) is 0 Å². The summed E-state index contributed by atoms with van der Waals surface area (Å²) in [5.74, 6) is -0.249. The lowest BCUT2D eigenvalue weighted by Crippen LogP contribution is -2.27. The molecule has 0 atom stereocenters. The lowest BCUT2D eigenvalue weighted by Gasteiger charge is -2.19. The van der Waals surface area contributed by atoms with E-state index in [1.165, 1.54) is 18.2 Å². The molecule has 0 aliphatic heterocycles. The minimum Gasteiger partial charge on any atom is -0.468 e. The van der Waals surface area contributed by atoms with Crippen LogP contribution in [0.15, 0.2) is 49.6 Å². The highest BCUT2D eigenvalue weighted by Crippen LogP contribution is 2.10. The molecule has 1 rings (SSSR count). The van der Waals surface area contributed by atoms with Gasteiger partial charge in [-0.05, 0) is 17.5 Å². The van der Waals surface area contributed by atoms with Crippen molar-refractivity contribution in [1.29, 1.82) is 0 Å². The number of benzene rings is 1. The number of rotatable bonds is 11. The van der Waals surface area contributed by atoms with E-state index in [2.05, 4.69) is 40.2 Å². The second-order valence-electron chi connectivity index (χ2n) is 5.04. The van der Waals surface area contributed by atoms with Crippen molar-refractivity contribution in [3.8, 4) is 0 Å². The van der Waals surface area contributed by atoms with Gasteiger partial charge in [-0.25, -0.2) is 0 Å². The van der Waals surface area contributed by atoms with E-state index in [4.69, 9.17) is 0 Å². The van der Waals surface area contributed by atoms with Gasteiger partial charge in [-0.2, -0.15) is 0 Å². The third kappa shape index (κ3) is 6.70. The number of hydrogen-bond acceptors (Lipinski definition) is 4. The maximum Gasteiger partial charge on any atom is 0.319 e. The number of hydrogen-bond donors (Lipinski definition) is 1. The van der Waals surface area contributed by atoms with Crippen LogP contribution >= 0.6 is 0 Å². The Hall–Kier alpha value is -1.91. The summed E-state index contributed by atoms with van der Waals surface area (Å²) >= 11 is 0. The smallest absolute Gasteiger partial charge is 0.319 e. The van der Waals surface area contributed by atoms with E-state index >= 15 is 0 Å². The number of carbonyl (C=O) groups is 1. The molecule has 0 aromatic heterocycles. The third-order valence-electron chi connectivity index (χ3n) is 3.40. The highest BCUT2D eigenvalue weighted by atomic mass is 16.5. The molecule has 0 amide bonds. The summed E-state index contributed by atoms with van der Waals surface area (Å²) in [5, 5.41) is 3.11. The third-order valence-corrected chi connectivity index (χ3v) is 3.40. The van der Waals surface area contributed by atoms with Crippen LogP contribution in [0, 0.1) is 0 Å². The first-order chi connectivity index (χ1) is 10.7. The standard InChI is InChI=1S/C18H26N2O2/c1-4-11-20(12-5-2)13-10-16-8-6-7-9-17(16)14-19-15-18(21)22-3/h4-9,19H,1-2,10-15H2,3H3. The molecular weight excluding hydrogens is 276 g/mol. The van der Waals surface area contributed by atoms with Crippen molar-refractivity contribution < 1.29 is 9.53 Å². The molecule has 22 heavy (non-hydrogen) atoms. The molecule has 0 fully saturated rings. The molecule has 1 aromatic carbocycles. The molecular formula is C18H26N2O2. The molecule has 1 N–H and O–H groups in total. The van der Waals surface area contributed by atoms with Gasteiger partial charge in [-0.3, -0.25) is 9.69 Å². The monoisotopic (exact) mass is 302 g/mol. The van der Waals surface area contributed by atoms with Crippen molar-refractivity contribution in [2.24, 2.45) is 0 Å². The van der Waals surface area contributed by atoms with Crippen LogP contribution in [-0.4, -0.2) is 44.2 Å². The average molecular weight is 302 g/mol. The van der Waals surface area contributed by atoms with Gasteiger partial charge in [0.2, 0.25) is 0 Å². The van der Waals surface area contributed by atoms with E-state index in [0.717, 1.165) is 26.1 Å². The topological polar surface area (TPSA) is 41.6 Å². The van der Waals surface area contributed by atoms with E-state index < -0.39 is 0 Å². The fourth-order valence-electron chi connectivity index (χ4n) is 2.25. The maximum atomic E-state index is 11.1. The van der Waals surface area contributed by atoms with Gasteiger partial charge in [0, 0.05) is 26.2 Å². The van der Waals surface area contributed by atoms with Crippen LogP contribution < -0.4 is 5.32 Å². The lowest BCUT2D eigenvalue weighted by atomic mass is 10.0. The maximum absolute atomic E-state index is 11.1. The molecule has 0 heterocycles. The second-order valence-corrected chi connectivity index (χ2v) is 5.04. The Balaban J connectivity index is 2.56. The Kier molecular flexibility index (Phi) is 8.88. The fraction of sp³-hybridized carbons (Fsp3) is 0.389. The summed E-state index contributed by atoms with van der Waals surface area (Å²) in [4.78, 5) is 13.4. The zero-order valence-electron chi connectivity index (χ0n) is 13.4. The van der Waals surface area contributed by atoms with Crippen LogP contribution in [0.25, 0.3) is 0 Å². The molecule has 0 saturated carbocycles. The molecule has 0 radical (unpaired) electrons. The molecule has 4 heteroatoms. The van der Waals surface area contributed by atoms with Crippen molar-refractivity contribution in [1.82, 2.24) is 10.2 Å². The summed E-state index contributed by atoms with van der Waals surface area (Å²) in [5.41, 5.74) is 2.50. The first kappa shape index (κ1) is 18.1. The van der Waals surface area contributed by atoms with Crippen LogP contribution in [-0.2, 0) is 22.5 Å². The number of methoxy groups -OCH3 is 1. The molecule has 0 unspecified atom stereocenters. The Labute approximate surface area is 133 Å². The van der Waals surface area contributed by atoms with Crippen molar-refractivity contribution in [3.05, 3.63) is 60.7 Å². The summed E-state index contributed by atoms with van der Waals surface area (Å²) in [6.45, 7) is 11.1. The molecule has 120 valence electrons. The number of nitrogens with one attached hydrogen (secondary N) is 1. The van der Waals surface area contributed by atoms with E-state index in [9.17, 15) is 4.79 Å². The first-order valence-electron chi connectivity index (χ1n) is 7.49. The van der Waals surface area contributed by atoms with Crippen molar-refractivity contribution in [2.75, 3.05) is 33.3 Å². The van der Waals surface area contributed by atoms with Gasteiger partial charge in [0.1, 0.15) is 0 Å². The van der Waals surface area contributed by atoms with Gasteiger partial charge in [0.25, 0.3) is 0 Å². The van der Waals surface area contributed by atoms with Gasteiger partial charge < -0.3 is 10.1 Å². The minimum atomic E-state index is -0.249. The van der Waals surface area contributed by atoms with Gasteiger partial charge in [0.05, 0.1) is 13.7 Å². The molecule has 0 aliphatic rings. The Morgan fingerprint density at radius 2 is 1.86 bits per heavy atom. The van der Waals surface area contributed by atoms with Crippen molar-refractivity contribution in [2.45, 2.75) is 13.0 Å². The Bertz CT molecular complexity index is 476. The average Bonchev–Trinajstić information content (AvgIpc) is 2.54. The van der Waals surface area contributed by atoms with Gasteiger partial charge in [-0.1, -0.05) is 36.4 Å². The highest BCUT2D eigenvalue weighted by molar-refractivity contribution is 5.71. The number of nitrogens with zero attached hydrogens (tertiary/aromatic N) is 1. The second kappa shape index (κ2) is 10.8. The molecule has 0 saturated heterocycles. The quantitative estimate of drug-likeness (QED) is 0.502. The van der Waals surface area contributed by atoms with Crippen LogP contribution in [0.2, 0.25) is 0 Å². The van der Waals surface area contributed by atoms with Crippen molar-refractivity contribution >= 4 is 5.97 Å². The molecule has 0 bridgehead atoms. The van der Waals surface area contributed by atoms with E-state index in [1.54, 1.807) is 0 Å². The van der Waals surface area contributed by atoms with E-state index in [0.29, 0.717) is 6.54 Å². The number of carbonyl (C=O) groups excluding carboxylic acids is 1. The van der Waals surface area contributed by atoms with Crippen LogP contribution in [0.4, 0.5) is 0 Å². The lowest BCUT2D eigenvalue weighted by molar-refractivity contribution is -0.139. The molecule has 0 aliphatic carbocycles. The predicted octanol–water partition coefficient (Wildman–Crippen LogP) is 2.17. The normalized spacial score (nSPS) is 10.5. The SMILES string of the molecule is C=CCN(CC=C)CCc1ccccc1CNCC(=O)OC. The zero-order valence-corrected chi connectivity index (χ0v) is 13.4. The summed E-state index contributed by atoms with van der Waals surface area (Å²) in [7, 11) is 1.39. The fourth-order valence-corrected chi connectivity index (χ4v) is 2.25.